The first kappa shape index (κ1) is 25.1. The standard InChI is InChI=1S/C28H33N9O2/c1-5-11-35-27(39)22-15-29-28(31-26(22)37(35)24-9-10-25(38)36(32-24)18(2)3)30-20-7-8-23(19(4)14-20)34-16-21(17-34)33-12-6-13-33/h5,7-10,14-15,18,21H,1,6,11-13,16-17H2,2-4H3,(H,29,30,31). The molecule has 2 aliphatic heterocycles. The first-order valence-electron chi connectivity index (χ1n) is 13.4. The number of aryl methyl sites for hydroxylation is 1. The third-order valence-electron chi connectivity index (χ3n) is 7.56. The van der Waals surface area contributed by atoms with Gasteiger partial charge in [0.15, 0.2) is 11.5 Å². The van der Waals surface area contributed by atoms with E-state index in [1.54, 1.807) is 16.8 Å². The van der Waals surface area contributed by atoms with Crippen LogP contribution in [0, 0.1) is 6.92 Å². The first-order valence-corrected chi connectivity index (χ1v) is 13.4. The zero-order chi connectivity index (χ0) is 27.3. The molecule has 1 aromatic carbocycles. The van der Waals surface area contributed by atoms with E-state index in [2.05, 4.69) is 50.8 Å². The summed E-state index contributed by atoms with van der Waals surface area (Å²) >= 11 is 0. The molecule has 2 aliphatic rings. The van der Waals surface area contributed by atoms with Gasteiger partial charge in [-0.25, -0.2) is 19.0 Å². The van der Waals surface area contributed by atoms with Crippen molar-refractivity contribution in [2.24, 2.45) is 0 Å². The number of hydrogen-bond donors (Lipinski definition) is 1. The average molecular weight is 528 g/mol. The van der Waals surface area contributed by atoms with E-state index in [4.69, 9.17) is 4.98 Å². The number of fused-ring (bicyclic) bond motifs is 1. The summed E-state index contributed by atoms with van der Waals surface area (Å²) in [6.07, 6.45) is 4.48. The van der Waals surface area contributed by atoms with Gasteiger partial charge in [-0.05, 0) is 70.1 Å². The summed E-state index contributed by atoms with van der Waals surface area (Å²) in [7, 11) is 0. The Balaban J connectivity index is 1.32. The fourth-order valence-electron chi connectivity index (χ4n) is 5.31. The summed E-state index contributed by atoms with van der Waals surface area (Å²) in [5, 5.41) is 8.17. The van der Waals surface area contributed by atoms with Crippen molar-refractivity contribution < 1.29 is 0 Å². The molecule has 11 nitrogen and oxygen atoms in total. The van der Waals surface area contributed by atoms with Crippen molar-refractivity contribution in [1.82, 2.24) is 34.0 Å². The van der Waals surface area contributed by atoms with Crippen LogP contribution < -0.4 is 21.3 Å². The first-order chi connectivity index (χ1) is 18.8. The van der Waals surface area contributed by atoms with E-state index in [0.717, 1.165) is 18.8 Å². The lowest BCUT2D eigenvalue weighted by Crippen LogP contribution is -2.63. The molecule has 3 aromatic heterocycles. The van der Waals surface area contributed by atoms with Gasteiger partial charge < -0.3 is 10.2 Å². The van der Waals surface area contributed by atoms with Gasteiger partial charge in [-0.15, -0.1) is 11.7 Å². The SMILES string of the molecule is C=CCn1c(=O)c2cnc(Nc3ccc(N4CC(N5CCC5)C4)c(C)c3)nc2n1-c1ccc(=O)n(C(C)C)n1. The van der Waals surface area contributed by atoms with E-state index < -0.39 is 0 Å². The van der Waals surface area contributed by atoms with E-state index >= 15 is 0 Å². The number of nitrogens with zero attached hydrogens (tertiary/aromatic N) is 8. The van der Waals surface area contributed by atoms with Crippen molar-refractivity contribution in [2.75, 3.05) is 36.4 Å². The van der Waals surface area contributed by atoms with Crippen molar-refractivity contribution in [2.45, 2.75) is 45.8 Å². The Morgan fingerprint density at radius 3 is 2.62 bits per heavy atom. The Morgan fingerprint density at radius 2 is 1.95 bits per heavy atom. The van der Waals surface area contributed by atoms with Crippen LogP contribution in [0.25, 0.3) is 16.9 Å². The van der Waals surface area contributed by atoms with Crippen LogP contribution in [0.15, 0.2) is 58.8 Å². The third kappa shape index (κ3) is 4.42. The lowest BCUT2D eigenvalue weighted by Gasteiger charge is -2.50. The van der Waals surface area contributed by atoms with Gasteiger partial charge in [-0.3, -0.25) is 14.5 Å². The smallest absolute Gasteiger partial charge is 0.278 e. The summed E-state index contributed by atoms with van der Waals surface area (Å²) in [6, 6.07) is 9.84. The molecule has 0 saturated carbocycles. The minimum absolute atomic E-state index is 0.144. The highest BCUT2D eigenvalue weighted by Crippen LogP contribution is 2.31. The second kappa shape index (κ2) is 9.81. The van der Waals surface area contributed by atoms with Crippen molar-refractivity contribution in [3.63, 3.8) is 0 Å². The third-order valence-corrected chi connectivity index (χ3v) is 7.56. The minimum atomic E-state index is -0.258. The van der Waals surface area contributed by atoms with E-state index in [0.29, 0.717) is 28.8 Å². The molecule has 5 heterocycles. The predicted octanol–water partition coefficient (Wildman–Crippen LogP) is 2.85. The zero-order valence-corrected chi connectivity index (χ0v) is 22.5. The highest BCUT2D eigenvalue weighted by Gasteiger charge is 2.34. The molecule has 0 unspecified atom stereocenters. The topological polar surface area (TPSA) is 106 Å². The molecule has 2 saturated heterocycles. The summed E-state index contributed by atoms with van der Waals surface area (Å²) < 4.78 is 4.50. The fourth-order valence-corrected chi connectivity index (χ4v) is 5.31. The summed E-state index contributed by atoms with van der Waals surface area (Å²) in [4.78, 5) is 39.7. The second-order valence-corrected chi connectivity index (χ2v) is 10.6. The van der Waals surface area contributed by atoms with Crippen molar-refractivity contribution >= 4 is 28.4 Å². The summed E-state index contributed by atoms with van der Waals surface area (Å²) in [5.41, 5.74) is 3.21. The van der Waals surface area contributed by atoms with E-state index in [-0.39, 0.29) is 23.7 Å². The maximum atomic E-state index is 13.2. The summed E-state index contributed by atoms with van der Waals surface area (Å²) in [6.45, 7) is 14.5. The van der Waals surface area contributed by atoms with Gasteiger partial charge >= 0.3 is 0 Å². The number of likely N-dealkylation sites (tertiary alicyclic amines) is 1. The quantitative estimate of drug-likeness (QED) is 0.349. The van der Waals surface area contributed by atoms with Gasteiger partial charge in [0.1, 0.15) is 5.39 Å². The van der Waals surface area contributed by atoms with Gasteiger partial charge in [0.25, 0.3) is 11.1 Å². The van der Waals surface area contributed by atoms with Crippen molar-refractivity contribution in [3.8, 4) is 5.82 Å². The molecule has 0 aliphatic carbocycles. The molecule has 0 amide bonds. The molecule has 0 spiro atoms. The Bertz CT molecular complexity index is 1670. The van der Waals surface area contributed by atoms with Crippen molar-refractivity contribution in [3.05, 3.63) is 75.5 Å². The number of allylic oxidation sites excluding steroid dienone is 1. The predicted molar refractivity (Wildman–Crippen MR) is 152 cm³/mol. The minimum Gasteiger partial charge on any atom is -0.368 e. The monoisotopic (exact) mass is 527 g/mol. The second-order valence-electron chi connectivity index (χ2n) is 10.6. The molecule has 202 valence electrons. The van der Waals surface area contributed by atoms with Crippen molar-refractivity contribution in [1.29, 1.82) is 0 Å². The van der Waals surface area contributed by atoms with Gasteiger partial charge in [-0.2, -0.15) is 4.98 Å². The fraction of sp³-hybridized carbons (Fsp3) is 0.393. The molecule has 4 aromatic rings. The highest BCUT2D eigenvalue weighted by molar-refractivity contribution is 5.77. The number of hydrogen-bond acceptors (Lipinski definition) is 8. The van der Waals surface area contributed by atoms with Gasteiger partial charge in [0, 0.05) is 42.8 Å². The van der Waals surface area contributed by atoms with Crippen LogP contribution in [0.4, 0.5) is 17.3 Å². The van der Waals surface area contributed by atoms with Gasteiger partial charge in [0.05, 0.1) is 12.6 Å². The largest absolute Gasteiger partial charge is 0.368 e. The molecule has 1 N–H and O–H groups in total. The molecular formula is C28H33N9O2. The number of rotatable bonds is 8. The highest BCUT2D eigenvalue weighted by atomic mass is 16.1. The molecule has 6 rings (SSSR count). The van der Waals surface area contributed by atoms with Crippen LogP contribution in [0.5, 0.6) is 0 Å². The summed E-state index contributed by atoms with van der Waals surface area (Å²) in [5.74, 6) is 0.770. The molecule has 0 atom stereocenters. The van der Waals surface area contributed by atoms with Gasteiger partial charge in [0.2, 0.25) is 5.95 Å². The number of aromatic nitrogens is 6. The van der Waals surface area contributed by atoms with E-state index in [1.807, 2.05) is 19.9 Å². The number of benzene rings is 1. The normalized spacial score (nSPS) is 15.9. The van der Waals surface area contributed by atoms with Crippen LogP contribution in [-0.2, 0) is 6.54 Å². The molecule has 39 heavy (non-hydrogen) atoms. The van der Waals surface area contributed by atoms with E-state index in [9.17, 15) is 9.59 Å². The number of anilines is 3. The van der Waals surface area contributed by atoms with Crippen LogP contribution in [0.3, 0.4) is 0 Å². The van der Waals surface area contributed by atoms with Crippen LogP contribution >= 0.6 is 0 Å². The Kier molecular flexibility index (Phi) is 6.30. The molecule has 0 radical (unpaired) electrons. The zero-order valence-electron chi connectivity index (χ0n) is 22.5. The molecule has 2 fully saturated rings. The number of nitrogens with one attached hydrogen (secondary N) is 1. The molecule has 11 heteroatoms. The van der Waals surface area contributed by atoms with E-state index in [1.165, 1.54) is 52.4 Å². The van der Waals surface area contributed by atoms with Gasteiger partial charge in [-0.1, -0.05) is 6.08 Å². The van der Waals surface area contributed by atoms with Crippen LogP contribution in [-0.4, -0.2) is 66.2 Å². The maximum absolute atomic E-state index is 13.2. The molecular weight excluding hydrogens is 494 g/mol. The molecule has 0 bridgehead atoms. The Morgan fingerprint density at radius 1 is 1.15 bits per heavy atom. The lowest BCUT2D eigenvalue weighted by atomic mass is 10.0. The Hall–Kier alpha value is -4.25. The van der Waals surface area contributed by atoms with Crippen LogP contribution in [0.2, 0.25) is 0 Å². The maximum Gasteiger partial charge on any atom is 0.278 e. The Labute approximate surface area is 226 Å². The average Bonchev–Trinajstić information content (AvgIpc) is 3.12. The van der Waals surface area contributed by atoms with Crippen LogP contribution in [0.1, 0.15) is 31.9 Å². The lowest BCUT2D eigenvalue weighted by molar-refractivity contribution is 0.0977.